The van der Waals surface area contributed by atoms with E-state index in [0.29, 0.717) is 6.61 Å². The summed E-state index contributed by atoms with van der Waals surface area (Å²) in [6.07, 6.45) is 0.164. The van der Waals surface area contributed by atoms with Crippen LogP contribution in [-0.4, -0.2) is 54.2 Å². The number of ether oxygens (including phenoxy) is 1. The second kappa shape index (κ2) is 6.05. The molecule has 0 atom stereocenters. The lowest BCUT2D eigenvalue weighted by atomic mass is 10.0. The summed E-state index contributed by atoms with van der Waals surface area (Å²) in [5.41, 5.74) is -0.614. The largest absolute Gasteiger partial charge is 0.460 e. The summed E-state index contributed by atoms with van der Waals surface area (Å²) in [5.74, 6) is -0.287. The summed E-state index contributed by atoms with van der Waals surface area (Å²) in [4.78, 5) is 11.5. The van der Waals surface area contributed by atoms with Crippen LogP contribution in [-0.2, 0) is 9.53 Å². The number of rotatable bonds is 6. The lowest BCUT2D eigenvalue weighted by Gasteiger charge is -2.27. The Morgan fingerprint density at radius 3 is 2.19 bits per heavy atom. The van der Waals surface area contributed by atoms with Gasteiger partial charge in [-0.15, -0.1) is 3.94 Å². The molecule has 0 rings (SSSR count). The van der Waals surface area contributed by atoms with Crippen molar-refractivity contribution in [1.82, 2.24) is 3.94 Å². The maximum Gasteiger partial charge on any atom is 0.307 e. The van der Waals surface area contributed by atoms with Gasteiger partial charge in [0, 0.05) is 0 Å². The second-order valence-corrected chi connectivity index (χ2v) is 6.31. The molecule has 0 radical (unpaired) electrons. The van der Waals surface area contributed by atoms with Gasteiger partial charge < -0.3 is 9.22 Å². The van der Waals surface area contributed by atoms with Crippen LogP contribution in [0.25, 0.3) is 0 Å². The summed E-state index contributed by atoms with van der Waals surface area (Å²) in [5, 5.41) is 0. The molecule has 6 heteroatoms. The standard InChI is InChI=1S/C10H21Cl2N2O2/c1-10(2,13(11)12)8-9(15)16-7-6-14(3,4)5/h6-8H2,1-5H3/q+1. The number of carbonyl (C=O) groups excluding carboxylic acids is 1. The fourth-order valence-electron chi connectivity index (χ4n) is 0.897. The van der Waals surface area contributed by atoms with Gasteiger partial charge in [0.25, 0.3) is 0 Å². The van der Waals surface area contributed by atoms with E-state index in [-0.39, 0.29) is 12.4 Å². The van der Waals surface area contributed by atoms with Gasteiger partial charge in [-0.25, -0.2) is 0 Å². The molecule has 0 aliphatic carbocycles. The van der Waals surface area contributed by atoms with Crippen LogP contribution in [0.3, 0.4) is 0 Å². The number of quaternary nitrogens is 1. The summed E-state index contributed by atoms with van der Waals surface area (Å²) < 4.78 is 6.84. The molecule has 4 nitrogen and oxygen atoms in total. The van der Waals surface area contributed by atoms with Gasteiger partial charge in [-0.2, -0.15) is 0 Å². The van der Waals surface area contributed by atoms with Gasteiger partial charge in [-0.3, -0.25) is 4.79 Å². The highest BCUT2D eigenvalue weighted by atomic mass is 35.5. The quantitative estimate of drug-likeness (QED) is 0.421. The number of carbonyl (C=O) groups is 1. The molecule has 0 heterocycles. The van der Waals surface area contributed by atoms with Crippen molar-refractivity contribution in [1.29, 1.82) is 0 Å². The van der Waals surface area contributed by atoms with E-state index >= 15 is 0 Å². The molecule has 0 N–H and O–H groups in total. The lowest BCUT2D eigenvalue weighted by Crippen LogP contribution is -2.39. The van der Waals surface area contributed by atoms with Crippen molar-refractivity contribution in [3.63, 3.8) is 0 Å². The molecule has 0 aliphatic rings. The minimum Gasteiger partial charge on any atom is -0.460 e. The zero-order valence-electron chi connectivity index (χ0n) is 10.6. The predicted octanol–water partition coefficient (Wildman–Crippen LogP) is 2.01. The lowest BCUT2D eigenvalue weighted by molar-refractivity contribution is -0.870. The smallest absolute Gasteiger partial charge is 0.307 e. The van der Waals surface area contributed by atoms with Crippen LogP contribution in [0.4, 0.5) is 0 Å². The van der Waals surface area contributed by atoms with E-state index < -0.39 is 5.54 Å². The molecular weight excluding hydrogens is 251 g/mol. The van der Waals surface area contributed by atoms with Crippen LogP contribution in [0.15, 0.2) is 0 Å². The van der Waals surface area contributed by atoms with Crippen LogP contribution in [0.2, 0.25) is 0 Å². The molecule has 0 saturated carbocycles. The fraction of sp³-hybridized carbons (Fsp3) is 0.900. The zero-order valence-corrected chi connectivity index (χ0v) is 12.1. The molecule has 0 spiro atoms. The van der Waals surface area contributed by atoms with Gasteiger partial charge in [0.15, 0.2) is 0 Å². The van der Waals surface area contributed by atoms with Gasteiger partial charge in [-0.1, -0.05) is 0 Å². The van der Waals surface area contributed by atoms with Gasteiger partial charge >= 0.3 is 5.97 Å². The van der Waals surface area contributed by atoms with Crippen molar-refractivity contribution in [2.45, 2.75) is 25.8 Å². The molecule has 0 aromatic rings. The first-order chi connectivity index (χ1) is 7.04. The highest BCUT2D eigenvalue weighted by molar-refractivity contribution is 6.34. The normalized spacial score (nSPS) is 13.0. The maximum atomic E-state index is 11.5. The van der Waals surface area contributed by atoms with Gasteiger partial charge in [-0.05, 0) is 37.4 Å². The summed E-state index contributed by atoms with van der Waals surface area (Å²) in [6, 6.07) is 0. The first-order valence-electron chi connectivity index (χ1n) is 5.12. The molecule has 0 bridgehead atoms. The highest BCUT2D eigenvalue weighted by Gasteiger charge is 2.28. The number of nitrogens with zero attached hydrogens (tertiary/aromatic N) is 2. The highest BCUT2D eigenvalue weighted by Crippen LogP contribution is 2.23. The average Bonchev–Trinajstić information content (AvgIpc) is 1.99. The van der Waals surface area contributed by atoms with Crippen LogP contribution in [0, 0.1) is 0 Å². The topological polar surface area (TPSA) is 29.5 Å². The molecule has 0 amide bonds. The van der Waals surface area contributed by atoms with Crippen molar-refractivity contribution in [2.24, 2.45) is 0 Å². The Balaban J connectivity index is 3.93. The van der Waals surface area contributed by atoms with E-state index in [1.807, 2.05) is 21.1 Å². The van der Waals surface area contributed by atoms with Crippen LogP contribution in [0.1, 0.15) is 20.3 Å². The van der Waals surface area contributed by atoms with Crippen LogP contribution < -0.4 is 0 Å². The number of hydrogen-bond acceptors (Lipinski definition) is 3. The minimum atomic E-state index is -0.614. The van der Waals surface area contributed by atoms with Crippen molar-refractivity contribution < 1.29 is 14.0 Å². The Morgan fingerprint density at radius 1 is 1.31 bits per heavy atom. The Morgan fingerprint density at radius 2 is 1.81 bits per heavy atom. The fourth-order valence-corrected chi connectivity index (χ4v) is 1.02. The molecule has 0 saturated heterocycles. The van der Waals surface area contributed by atoms with Crippen molar-refractivity contribution in [3.8, 4) is 0 Å². The van der Waals surface area contributed by atoms with E-state index in [1.165, 1.54) is 0 Å². The number of likely N-dealkylation sites (N-methyl/N-ethyl adjacent to an activating group) is 1. The Bertz CT molecular complexity index is 237. The van der Waals surface area contributed by atoms with E-state index in [4.69, 9.17) is 28.3 Å². The number of hydrogen-bond donors (Lipinski definition) is 0. The summed E-state index contributed by atoms with van der Waals surface area (Å²) in [6.45, 7) is 4.72. The predicted molar refractivity (Wildman–Crippen MR) is 66.1 cm³/mol. The Hall–Kier alpha value is -0.0300. The Kier molecular flexibility index (Phi) is 6.04. The minimum absolute atomic E-state index is 0.164. The van der Waals surface area contributed by atoms with E-state index in [2.05, 4.69) is 0 Å². The first kappa shape index (κ1) is 16.0. The molecule has 16 heavy (non-hydrogen) atoms. The molecule has 0 aromatic carbocycles. The van der Waals surface area contributed by atoms with Crippen LogP contribution >= 0.6 is 23.6 Å². The van der Waals surface area contributed by atoms with E-state index in [1.54, 1.807) is 13.8 Å². The molecule has 0 aliphatic heterocycles. The van der Waals surface area contributed by atoms with E-state index in [0.717, 1.165) is 15.0 Å². The molecule has 0 unspecified atom stereocenters. The number of halogens is 2. The second-order valence-electron chi connectivity index (χ2n) is 5.46. The third-order valence-corrected chi connectivity index (χ3v) is 2.97. The van der Waals surface area contributed by atoms with E-state index in [9.17, 15) is 4.79 Å². The van der Waals surface area contributed by atoms with Gasteiger partial charge in [0.1, 0.15) is 13.2 Å². The van der Waals surface area contributed by atoms with Gasteiger partial charge in [0.05, 0.1) is 33.1 Å². The zero-order chi connectivity index (χ0) is 13.0. The average molecular weight is 272 g/mol. The molecule has 96 valence electrons. The van der Waals surface area contributed by atoms with Crippen molar-refractivity contribution in [3.05, 3.63) is 0 Å². The van der Waals surface area contributed by atoms with Gasteiger partial charge in [0.2, 0.25) is 0 Å². The summed E-state index contributed by atoms with van der Waals surface area (Å²) in [7, 11) is 6.12. The summed E-state index contributed by atoms with van der Waals surface area (Å²) >= 11 is 11.2. The maximum absolute atomic E-state index is 11.5. The van der Waals surface area contributed by atoms with Crippen LogP contribution in [0.5, 0.6) is 0 Å². The van der Waals surface area contributed by atoms with Crippen molar-refractivity contribution in [2.75, 3.05) is 34.3 Å². The first-order valence-corrected chi connectivity index (χ1v) is 5.80. The Labute approximate surface area is 108 Å². The SMILES string of the molecule is CC(C)(CC(=O)OCC[N+](C)(C)C)N(Cl)Cl. The molecule has 0 fully saturated rings. The molecular formula is C10H21Cl2N2O2+. The third-order valence-electron chi connectivity index (χ3n) is 2.06. The third kappa shape index (κ3) is 7.28. The molecule has 0 aromatic heterocycles. The monoisotopic (exact) mass is 271 g/mol. The number of esters is 1. The van der Waals surface area contributed by atoms with Crippen molar-refractivity contribution >= 4 is 29.5 Å².